The summed E-state index contributed by atoms with van der Waals surface area (Å²) in [7, 11) is 1.91. The molecule has 11 atom stereocenters. The summed E-state index contributed by atoms with van der Waals surface area (Å²) >= 11 is 0. The topological polar surface area (TPSA) is 21.8 Å². The Kier molecular flexibility index (Phi) is 5.50. The maximum Gasteiger partial charge on any atom is 0.101 e. The second-order valence-electron chi connectivity index (χ2n) is 13.2. The van der Waals surface area contributed by atoms with Crippen molar-refractivity contribution in [3.8, 4) is 0 Å². The molecule has 0 radical (unpaired) electrons. The minimum absolute atomic E-state index is 0.224. The molecule has 0 amide bonds. The molecule has 4 aliphatic carbocycles. The smallest absolute Gasteiger partial charge is 0.101 e. The molecule has 2 heteroatoms. The van der Waals surface area contributed by atoms with Crippen molar-refractivity contribution in [2.75, 3.05) is 7.11 Å². The van der Waals surface area contributed by atoms with E-state index in [1.807, 2.05) is 7.11 Å². The van der Waals surface area contributed by atoms with E-state index in [1.54, 1.807) is 0 Å². The fraction of sp³-hybridized carbons (Fsp3) is 0.931. The molecule has 4 saturated carbocycles. The number of allylic oxidation sites excluding steroid dienone is 2. The van der Waals surface area contributed by atoms with E-state index < -0.39 is 0 Å². The molecule has 0 bridgehead atoms. The van der Waals surface area contributed by atoms with Gasteiger partial charge < -0.3 is 9.47 Å². The van der Waals surface area contributed by atoms with E-state index >= 15 is 0 Å². The van der Waals surface area contributed by atoms with Gasteiger partial charge in [-0.25, -0.2) is 0 Å². The third kappa shape index (κ3) is 3.17. The van der Waals surface area contributed by atoms with Gasteiger partial charge in [0.2, 0.25) is 0 Å². The Morgan fingerprint density at radius 1 is 0.871 bits per heavy atom. The van der Waals surface area contributed by atoms with Gasteiger partial charge in [-0.05, 0) is 104 Å². The number of ether oxygens (including phenoxy) is 2. The summed E-state index contributed by atoms with van der Waals surface area (Å²) in [4.78, 5) is 0. The van der Waals surface area contributed by atoms with Crippen LogP contribution in [0.2, 0.25) is 0 Å². The van der Waals surface area contributed by atoms with E-state index in [0.29, 0.717) is 34.9 Å². The number of hydrogen-bond donors (Lipinski definition) is 0. The largest absolute Gasteiger partial charge is 0.381 e. The summed E-state index contributed by atoms with van der Waals surface area (Å²) in [5, 5.41) is 0. The van der Waals surface area contributed by atoms with Gasteiger partial charge in [-0.2, -0.15) is 0 Å². The molecular formula is C29H48O2. The number of methoxy groups -OCH3 is 1. The SMILES string of the molecule is CO[C@@H]1CC[C@@]2(C)[C@H](C1)C[C@H]1O[C@]13[C@@H]1CC[C@@H]([C@H](C)/C=C/[C@H](C)C(C)C)[C@@]1(C)CC[C@@H]23. The van der Waals surface area contributed by atoms with Gasteiger partial charge in [-0.3, -0.25) is 0 Å². The van der Waals surface area contributed by atoms with Gasteiger partial charge in [0, 0.05) is 7.11 Å². The first kappa shape index (κ1) is 22.5. The Hall–Kier alpha value is -0.340. The highest BCUT2D eigenvalue weighted by molar-refractivity contribution is 5.26. The normalized spacial score (nSPS) is 52.9. The van der Waals surface area contributed by atoms with Crippen LogP contribution in [0.25, 0.3) is 0 Å². The molecule has 0 aromatic heterocycles. The van der Waals surface area contributed by atoms with Crippen molar-refractivity contribution < 1.29 is 9.47 Å². The molecule has 0 unspecified atom stereocenters. The van der Waals surface area contributed by atoms with Crippen LogP contribution in [-0.2, 0) is 9.47 Å². The van der Waals surface area contributed by atoms with Crippen LogP contribution in [0.3, 0.4) is 0 Å². The van der Waals surface area contributed by atoms with Crippen molar-refractivity contribution in [1.29, 1.82) is 0 Å². The molecule has 1 aliphatic heterocycles. The van der Waals surface area contributed by atoms with Crippen LogP contribution in [0, 0.1) is 52.3 Å². The van der Waals surface area contributed by atoms with E-state index in [4.69, 9.17) is 9.47 Å². The second kappa shape index (κ2) is 7.59. The lowest BCUT2D eigenvalue weighted by Gasteiger charge is -2.59. The molecule has 5 fully saturated rings. The molecule has 176 valence electrons. The monoisotopic (exact) mass is 428 g/mol. The lowest BCUT2D eigenvalue weighted by atomic mass is 9.44. The number of rotatable bonds is 5. The summed E-state index contributed by atoms with van der Waals surface area (Å²) < 4.78 is 12.7. The highest BCUT2D eigenvalue weighted by Crippen LogP contribution is 2.76. The zero-order valence-corrected chi connectivity index (χ0v) is 21.3. The van der Waals surface area contributed by atoms with Crippen LogP contribution in [0.1, 0.15) is 92.9 Å². The summed E-state index contributed by atoms with van der Waals surface area (Å²) in [6.07, 6.45) is 16.9. The van der Waals surface area contributed by atoms with Gasteiger partial charge in [0.25, 0.3) is 0 Å². The van der Waals surface area contributed by atoms with Gasteiger partial charge in [0.05, 0.1) is 12.2 Å². The molecule has 31 heavy (non-hydrogen) atoms. The number of hydrogen-bond acceptors (Lipinski definition) is 2. The van der Waals surface area contributed by atoms with Crippen molar-refractivity contribution >= 4 is 0 Å². The zero-order valence-electron chi connectivity index (χ0n) is 21.3. The minimum atomic E-state index is 0.224. The predicted molar refractivity (Wildman–Crippen MR) is 128 cm³/mol. The van der Waals surface area contributed by atoms with Crippen molar-refractivity contribution in [3.63, 3.8) is 0 Å². The van der Waals surface area contributed by atoms with Gasteiger partial charge >= 0.3 is 0 Å². The first-order chi connectivity index (χ1) is 14.7. The molecule has 1 saturated heterocycles. The molecular weight excluding hydrogens is 380 g/mol. The molecule has 1 heterocycles. The lowest BCUT2D eigenvalue weighted by molar-refractivity contribution is -0.120. The molecule has 2 nitrogen and oxygen atoms in total. The molecule has 0 aromatic carbocycles. The van der Waals surface area contributed by atoms with Gasteiger partial charge in [0.1, 0.15) is 5.60 Å². The molecule has 0 N–H and O–H groups in total. The van der Waals surface area contributed by atoms with Crippen LogP contribution in [0.15, 0.2) is 12.2 Å². The van der Waals surface area contributed by atoms with Gasteiger partial charge in [-0.15, -0.1) is 0 Å². The third-order valence-electron chi connectivity index (χ3n) is 11.8. The van der Waals surface area contributed by atoms with Gasteiger partial charge in [0.15, 0.2) is 0 Å². The van der Waals surface area contributed by atoms with Crippen molar-refractivity contribution in [2.45, 2.75) is 111 Å². The van der Waals surface area contributed by atoms with Crippen LogP contribution in [0.5, 0.6) is 0 Å². The first-order valence-corrected chi connectivity index (χ1v) is 13.6. The molecule has 1 spiro atoms. The van der Waals surface area contributed by atoms with E-state index in [-0.39, 0.29) is 5.60 Å². The van der Waals surface area contributed by atoms with Crippen molar-refractivity contribution in [3.05, 3.63) is 12.2 Å². The fourth-order valence-electron chi connectivity index (χ4n) is 9.44. The highest BCUT2D eigenvalue weighted by Gasteiger charge is 2.78. The third-order valence-corrected chi connectivity index (χ3v) is 11.8. The van der Waals surface area contributed by atoms with Crippen LogP contribution in [-0.4, -0.2) is 24.9 Å². The quantitative estimate of drug-likeness (QED) is 0.339. The Morgan fingerprint density at radius 2 is 1.58 bits per heavy atom. The molecule has 5 aliphatic rings. The van der Waals surface area contributed by atoms with Crippen LogP contribution in [0.4, 0.5) is 0 Å². The average Bonchev–Trinajstić information content (AvgIpc) is 3.31. The Morgan fingerprint density at radius 3 is 2.29 bits per heavy atom. The van der Waals surface area contributed by atoms with Crippen LogP contribution >= 0.6 is 0 Å². The maximum absolute atomic E-state index is 6.87. The standard InChI is InChI=1S/C29H48O2/c1-18(2)19(3)8-9-20(4)23-10-11-24-28(23,6)15-13-25-27(5)14-12-22(30-7)16-21(27)17-26-29(24,25)31-26/h8-9,18-26H,10-17H2,1-7H3/b9-8+/t19-,20+,21+,22+,23-,24+,25-,26+,27-,28+,29-/m0/s1. The lowest BCUT2D eigenvalue weighted by Crippen LogP contribution is -2.59. The number of fused-ring (bicyclic) bond motifs is 3. The Bertz CT molecular complexity index is 714. The first-order valence-electron chi connectivity index (χ1n) is 13.6. The van der Waals surface area contributed by atoms with E-state index in [2.05, 4.69) is 53.7 Å². The average molecular weight is 429 g/mol. The molecule has 5 rings (SSSR count). The zero-order chi connectivity index (χ0) is 22.2. The van der Waals surface area contributed by atoms with E-state index in [9.17, 15) is 0 Å². The second-order valence-corrected chi connectivity index (χ2v) is 13.2. The summed E-state index contributed by atoms with van der Waals surface area (Å²) in [6.45, 7) is 14.9. The summed E-state index contributed by atoms with van der Waals surface area (Å²) in [5.74, 6) is 5.28. The summed E-state index contributed by atoms with van der Waals surface area (Å²) in [5.41, 5.74) is 1.16. The maximum atomic E-state index is 6.87. The van der Waals surface area contributed by atoms with Crippen molar-refractivity contribution in [2.24, 2.45) is 52.3 Å². The van der Waals surface area contributed by atoms with Gasteiger partial charge in [-0.1, -0.05) is 53.7 Å². The Labute approximate surface area is 191 Å². The highest BCUT2D eigenvalue weighted by atomic mass is 16.6. The minimum Gasteiger partial charge on any atom is -0.381 e. The fourth-order valence-corrected chi connectivity index (χ4v) is 9.44. The van der Waals surface area contributed by atoms with Crippen LogP contribution < -0.4 is 0 Å². The predicted octanol–water partition coefficient (Wildman–Crippen LogP) is 7.28. The van der Waals surface area contributed by atoms with E-state index in [0.717, 1.165) is 29.6 Å². The summed E-state index contributed by atoms with van der Waals surface area (Å²) in [6, 6.07) is 0. The van der Waals surface area contributed by atoms with E-state index in [1.165, 1.54) is 51.4 Å². The molecule has 0 aromatic rings. The number of epoxide rings is 1. The Balaban J connectivity index is 1.37. The van der Waals surface area contributed by atoms with Crippen molar-refractivity contribution in [1.82, 2.24) is 0 Å².